The predicted octanol–water partition coefficient (Wildman–Crippen LogP) is 1.47. The van der Waals surface area contributed by atoms with Gasteiger partial charge in [-0.2, -0.15) is 0 Å². The van der Waals surface area contributed by atoms with E-state index in [0.29, 0.717) is 17.0 Å². The minimum absolute atomic E-state index is 0.0657. The highest BCUT2D eigenvalue weighted by molar-refractivity contribution is 6.30. The summed E-state index contributed by atoms with van der Waals surface area (Å²) in [5.41, 5.74) is 1.18. The first-order valence-electron chi connectivity index (χ1n) is 9.11. The van der Waals surface area contributed by atoms with E-state index in [1.165, 1.54) is 32.1 Å². The van der Waals surface area contributed by atoms with E-state index in [1.807, 2.05) is 12.1 Å². The number of carbonyl (C=O) groups is 1. The summed E-state index contributed by atoms with van der Waals surface area (Å²) < 4.78 is 0. The van der Waals surface area contributed by atoms with Gasteiger partial charge in [-0.15, -0.1) is 0 Å². The molecule has 0 bridgehead atoms. The fraction of sp³-hybridized carbons (Fsp3) is 0.632. The highest BCUT2D eigenvalue weighted by Gasteiger charge is 2.40. The SMILES string of the molecule is C[C@@H](CC(=O)Nc1ccc(Cl)cc1)[NH2+]CC1([NH+](C)C)CCCCC1. The number of nitrogens with one attached hydrogen (secondary N) is 2. The smallest absolute Gasteiger partial charge is 0.230 e. The van der Waals surface area contributed by atoms with Crippen molar-refractivity contribution in [1.29, 1.82) is 0 Å². The second-order valence-electron chi connectivity index (χ2n) is 7.52. The van der Waals surface area contributed by atoms with Gasteiger partial charge in [0.05, 0.1) is 26.6 Å². The van der Waals surface area contributed by atoms with Crippen molar-refractivity contribution in [2.24, 2.45) is 0 Å². The summed E-state index contributed by atoms with van der Waals surface area (Å²) in [6.45, 7) is 3.24. The van der Waals surface area contributed by atoms with Gasteiger partial charge in [-0.25, -0.2) is 0 Å². The average molecular weight is 354 g/mol. The van der Waals surface area contributed by atoms with Crippen LogP contribution in [0.4, 0.5) is 5.69 Å². The molecule has 0 saturated heterocycles. The molecule has 0 radical (unpaired) electrons. The van der Waals surface area contributed by atoms with Gasteiger partial charge in [0.1, 0.15) is 12.1 Å². The zero-order valence-electron chi connectivity index (χ0n) is 15.2. The molecule has 0 aliphatic heterocycles. The van der Waals surface area contributed by atoms with Crippen LogP contribution in [0.1, 0.15) is 45.4 Å². The van der Waals surface area contributed by atoms with Crippen LogP contribution in [-0.4, -0.2) is 38.1 Å². The van der Waals surface area contributed by atoms with E-state index >= 15 is 0 Å². The number of benzene rings is 1. The van der Waals surface area contributed by atoms with Gasteiger partial charge in [-0.1, -0.05) is 18.0 Å². The van der Waals surface area contributed by atoms with Crippen LogP contribution in [0.2, 0.25) is 5.02 Å². The third-order valence-electron chi connectivity index (χ3n) is 5.42. The van der Waals surface area contributed by atoms with Gasteiger partial charge in [0.2, 0.25) is 5.91 Å². The Hall–Kier alpha value is -1.10. The molecule has 0 unspecified atom stereocenters. The molecule has 1 aliphatic carbocycles. The molecule has 1 aliphatic rings. The Morgan fingerprint density at radius 3 is 2.46 bits per heavy atom. The fourth-order valence-electron chi connectivity index (χ4n) is 3.68. The molecule has 0 aromatic heterocycles. The molecule has 1 atom stereocenters. The Kier molecular flexibility index (Phi) is 7.08. The van der Waals surface area contributed by atoms with Gasteiger partial charge in [-0.3, -0.25) is 4.79 Å². The van der Waals surface area contributed by atoms with Crippen molar-refractivity contribution in [3.63, 3.8) is 0 Å². The summed E-state index contributed by atoms with van der Waals surface area (Å²) in [5.74, 6) is 0.0657. The maximum atomic E-state index is 12.2. The fourth-order valence-corrected chi connectivity index (χ4v) is 3.81. The number of carbonyl (C=O) groups excluding carboxylic acids is 1. The monoisotopic (exact) mass is 353 g/mol. The standard InChI is InChI=1S/C19H30ClN3O/c1-15(13-18(24)22-17-9-7-16(20)8-10-17)21-14-19(23(2)3)11-5-4-6-12-19/h7-10,15,21H,4-6,11-14H2,1-3H3,(H,22,24)/p+2/t15-/m0/s1. The molecule has 1 aromatic carbocycles. The first-order valence-corrected chi connectivity index (χ1v) is 9.48. The molecule has 24 heavy (non-hydrogen) atoms. The van der Waals surface area contributed by atoms with E-state index < -0.39 is 0 Å². The lowest BCUT2D eigenvalue weighted by molar-refractivity contribution is -0.936. The Morgan fingerprint density at radius 2 is 1.88 bits per heavy atom. The molecule has 0 spiro atoms. The summed E-state index contributed by atoms with van der Waals surface area (Å²) in [7, 11) is 4.55. The van der Waals surface area contributed by atoms with Crippen molar-refractivity contribution >= 4 is 23.2 Å². The van der Waals surface area contributed by atoms with Crippen LogP contribution in [0.3, 0.4) is 0 Å². The number of quaternary nitrogens is 2. The minimum Gasteiger partial charge on any atom is -0.338 e. The molecular weight excluding hydrogens is 322 g/mol. The van der Waals surface area contributed by atoms with Crippen molar-refractivity contribution in [3.05, 3.63) is 29.3 Å². The first kappa shape index (κ1) is 19.2. The van der Waals surface area contributed by atoms with Crippen molar-refractivity contribution in [2.45, 2.75) is 57.0 Å². The third kappa shape index (κ3) is 5.47. The molecule has 1 fully saturated rings. The second-order valence-corrected chi connectivity index (χ2v) is 7.95. The largest absolute Gasteiger partial charge is 0.338 e. The number of nitrogens with two attached hydrogens (primary N) is 1. The molecule has 4 nitrogen and oxygen atoms in total. The van der Waals surface area contributed by atoms with Crippen LogP contribution in [-0.2, 0) is 4.79 Å². The molecule has 0 heterocycles. The number of anilines is 1. The number of amides is 1. The second kappa shape index (κ2) is 8.84. The molecule has 1 amide bonds. The minimum atomic E-state index is 0.0657. The Labute approximate surface area is 150 Å². The third-order valence-corrected chi connectivity index (χ3v) is 5.67. The van der Waals surface area contributed by atoms with Crippen LogP contribution >= 0.6 is 11.6 Å². The first-order chi connectivity index (χ1) is 11.4. The molecule has 2 rings (SSSR count). The van der Waals surface area contributed by atoms with Crippen molar-refractivity contribution in [1.82, 2.24) is 0 Å². The highest BCUT2D eigenvalue weighted by Crippen LogP contribution is 2.24. The van der Waals surface area contributed by atoms with Crippen molar-refractivity contribution in [3.8, 4) is 0 Å². The van der Waals surface area contributed by atoms with Gasteiger partial charge < -0.3 is 15.5 Å². The predicted molar refractivity (Wildman–Crippen MR) is 99.6 cm³/mol. The maximum absolute atomic E-state index is 12.2. The molecule has 5 heteroatoms. The lowest BCUT2D eigenvalue weighted by atomic mass is 9.80. The van der Waals surface area contributed by atoms with E-state index in [2.05, 4.69) is 31.7 Å². The summed E-state index contributed by atoms with van der Waals surface area (Å²) in [6, 6.07) is 7.54. The van der Waals surface area contributed by atoms with Crippen LogP contribution in [0, 0.1) is 0 Å². The Bertz CT molecular complexity index is 524. The van der Waals surface area contributed by atoms with E-state index in [1.54, 1.807) is 17.0 Å². The van der Waals surface area contributed by atoms with Crippen LogP contribution in [0.5, 0.6) is 0 Å². The molecular formula is C19H32ClN3O+2. The molecule has 4 N–H and O–H groups in total. The molecule has 134 valence electrons. The number of rotatable bonds is 7. The quantitative estimate of drug-likeness (QED) is 0.683. The van der Waals surface area contributed by atoms with Gasteiger partial charge in [0.25, 0.3) is 0 Å². The summed E-state index contributed by atoms with van der Waals surface area (Å²) in [4.78, 5) is 13.8. The topological polar surface area (TPSA) is 50.1 Å². The number of hydrogen-bond donors (Lipinski definition) is 3. The summed E-state index contributed by atoms with van der Waals surface area (Å²) >= 11 is 5.87. The normalized spacial score (nSPS) is 18.4. The van der Waals surface area contributed by atoms with E-state index in [4.69, 9.17) is 11.6 Å². The number of likely N-dealkylation sites (N-methyl/N-ethyl adjacent to an activating group) is 1. The van der Waals surface area contributed by atoms with Gasteiger partial charge in [0, 0.05) is 23.6 Å². The van der Waals surface area contributed by atoms with Gasteiger partial charge in [0.15, 0.2) is 0 Å². The summed E-state index contributed by atoms with van der Waals surface area (Å²) in [6.07, 6.45) is 7.18. The highest BCUT2D eigenvalue weighted by atomic mass is 35.5. The van der Waals surface area contributed by atoms with Crippen molar-refractivity contribution in [2.75, 3.05) is 26.0 Å². The lowest BCUT2D eigenvalue weighted by Crippen LogP contribution is -3.19. The van der Waals surface area contributed by atoms with Gasteiger partial charge in [-0.05, 0) is 44.0 Å². The Balaban J connectivity index is 1.80. The van der Waals surface area contributed by atoms with E-state index in [9.17, 15) is 4.79 Å². The van der Waals surface area contributed by atoms with Crippen molar-refractivity contribution < 1.29 is 15.0 Å². The average Bonchev–Trinajstić information content (AvgIpc) is 2.56. The number of hydrogen-bond acceptors (Lipinski definition) is 1. The zero-order chi connectivity index (χ0) is 17.6. The van der Waals surface area contributed by atoms with E-state index in [-0.39, 0.29) is 11.9 Å². The van der Waals surface area contributed by atoms with E-state index in [0.717, 1.165) is 12.2 Å². The van der Waals surface area contributed by atoms with Gasteiger partial charge >= 0.3 is 0 Å². The molecule has 1 aromatic rings. The lowest BCUT2D eigenvalue weighted by Gasteiger charge is -2.38. The van der Waals surface area contributed by atoms with Crippen LogP contribution in [0.25, 0.3) is 0 Å². The van der Waals surface area contributed by atoms with Crippen LogP contribution in [0.15, 0.2) is 24.3 Å². The number of halogens is 1. The van der Waals surface area contributed by atoms with Crippen LogP contribution < -0.4 is 15.5 Å². The maximum Gasteiger partial charge on any atom is 0.230 e. The molecule has 1 saturated carbocycles. The zero-order valence-corrected chi connectivity index (χ0v) is 16.0. The summed E-state index contributed by atoms with van der Waals surface area (Å²) in [5, 5.41) is 5.99. The Morgan fingerprint density at radius 1 is 1.25 bits per heavy atom.